The largest absolute Gasteiger partial charge is 0.472 e. The Labute approximate surface area is 87.3 Å². The van der Waals surface area contributed by atoms with Crippen molar-refractivity contribution in [2.75, 3.05) is 6.61 Å². The van der Waals surface area contributed by atoms with Crippen molar-refractivity contribution in [2.45, 2.75) is 25.6 Å². The minimum absolute atomic E-state index is 0.321. The number of carbonyl (C=O) groups excluding carboxylic acids is 1. The van der Waals surface area contributed by atoms with E-state index < -0.39 is 0 Å². The zero-order valence-electron chi connectivity index (χ0n) is 8.27. The Morgan fingerprint density at radius 1 is 1.53 bits per heavy atom. The Morgan fingerprint density at radius 2 is 2.47 bits per heavy atom. The maximum absolute atomic E-state index is 11.4. The Kier molecular flexibility index (Phi) is 3.37. The highest BCUT2D eigenvalue weighted by Crippen LogP contribution is 2.12. The lowest BCUT2D eigenvalue weighted by molar-refractivity contribution is -0.186. The lowest BCUT2D eigenvalue weighted by atomic mass is 10.2. The molecule has 0 spiro atoms. The molecule has 1 saturated heterocycles. The van der Waals surface area contributed by atoms with Gasteiger partial charge in [0.15, 0.2) is 6.29 Å². The van der Waals surface area contributed by atoms with E-state index in [1.165, 1.54) is 12.5 Å². The molecule has 1 atom stereocenters. The van der Waals surface area contributed by atoms with Gasteiger partial charge in [-0.15, -0.1) is 0 Å². The predicted octanol–water partition coefficient (Wildman–Crippen LogP) is 1.47. The number of hydrogen-bond acceptors (Lipinski definition) is 4. The number of hydroxylamine groups is 1. The fourth-order valence-electron chi connectivity index (χ4n) is 1.38. The fraction of sp³-hybridized carbons (Fsp3) is 0.500. The van der Waals surface area contributed by atoms with Crippen LogP contribution in [0.4, 0.5) is 0 Å². The lowest BCUT2D eigenvalue weighted by Gasteiger charge is -2.21. The summed E-state index contributed by atoms with van der Waals surface area (Å²) in [7, 11) is 0. The molecule has 1 aromatic rings. The van der Waals surface area contributed by atoms with E-state index in [9.17, 15) is 4.79 Å². The first kappa shape index (κ1) is 10.2. The highest BCUT2D eigenvalue weighted by Gasteiger charge is 2.16. The molecular formula is C10H13NO4. The summed E-state index contributed by atoms with van der Waals surface area (Å²) < 4.78 is 10.1. The smallest absolute Gasteiger partial charge is 0.278 e. The molecule has 5 nitrogen and oxygen atoms in total. The standard InChI is InChI=1S/C10H13NO4/c12-10(8-4-6-13-7-8)11-15-9-3-1-2-5-14-9/h4,6-7,9H,1-3,5H2,(H,11,12). The zero-order valence-corrected chi connectivity index (χ0v) is 8.27. The van der Waals surface area contributed by atoms with Crippen molar-refractivity contribution >= 4 is 5.91 Å². The van der Waals surface area contributed by atoms with Gasteiger partial charge in [-0.05, 0) is 18.9 Å². The van der Waals surface area contributed by atoms with E-state index in [-0.39, 0.29) is 12.2 Å². The molecule has 2 rings (SSSR count). The van der Waals surface area contributed by atoms with Crippen LogP contribution in [0.5, 0.6) is 0 Å². The molecule has 1 aliphatic rings. The monoisotopic (exact) mass is 211 g/mol. The fourth-order valence-corrected chi connectivity index (χ4v) is 1.38. The van der Waals surface area contributed by atoms with Crippen molar-refractivity contribution in [2.24, 2.45) is 0 Å². The van der Waals surface area contributed by atoms with Crippen LogP contribution in [0.25, 0.3) is 0 Å². The summed E-state index contributed by atoms with van der Waals surface area (Å²) in [6.45, 7) is 0.687. The third-order valence-corrected chi connectivity index (χ3v) is 2.20. The maximum atomic E-state index is 11.4. The molecule has 2 heterocycles. The molecule has 1 aliphatic heterocycles. The van der Waals surface area contributed by atoms with Crippen molar-refractivity contribution < 1.29 is 18.8 Å². The molecule has 82 valence electrons. The summed E-state index contributed by atoms with van der Waals surface area (Å²) in [5.74, 6) is -0.321. The molecular weight excluding hydrogens is 198 g/mol. The first-order chi connectivity index (χ1) is 7.36. The van der Waals surface area contributed by atoms with Crippen LogP contribution in [0.2, 0.25) is 0 Å². The van der Waals surface area contributed by atoms with Gasteiger partial charge in [0, 0.05) is 13.0 Å². The van der Waals surface area contributed by atoms with Crippen molar-refractivity contribution in [3.05, 3.63) is 24.2 Å². The third-order valence-electron chi connectivity index (χ3n) is 2.20. The molecule has 1 amide bonds. The van der Waals surface area contributed by atoms with Gasteiger partial charge in [0.25, 0.3) is 5.91 Å². The van der Waals surface area contributed by atoms with E-state index in [1.807, 2.05) is 0 Å². The highest BCUT2D eigenvalue weighted by atomic mass is 16.8. The van der Waals surface area contributed by atoms with Crippen molar-refractivity contribution in [3.8, 4) is 0 Å². The Bertz CT molecular complexity index is 303. The van der Waals surface area contributed by atoms with Crippen LogP contribution in [-0.2, 0) is 9.57 Å². The Morgan fingerprint density at radius 3 is 3.13 bits per heavy atom. The van der Waals surface area contributed by atoms with Gasteiger partial charge in [-0.25, -0.2) is 10.3 Å². The van der Waals surface area contributed by atoms with E-state index in [4.69, 9.17) is 14.0 Å². The van der Waals surface area contributed by atoms with Crippen LogP contribution in [0.15, 0.2) is 23.0 Å². The lowest BCUT2D eigenvalue weighted by Crippen LogP contribution is -2.32. The van der Waals surface area contributed by atoms with Gasteiger partial charge in [0.05, 0.1) is 11.8 Å². The van der Waals surface area contributed by atoms with E-state index in [1.54, 1.807) is 6.07 Å². The molecule has 0 aliphatic carbocycles. The quantitative estimate of drug-likeness (QED) is 0.769. The summed E-state index contributed by atoms with van der Waals surface area (Å²) in [4.78, 5) is 16.5. The average Bonchev–Trinajstić information content (AvgIpc) is 2.81. The number of nitrogens with one attached hydrogen (secondary N) is 1. The maximum Gasteiger partial charge on any atom is 0.278 e. The van der Waals surface area contributed by atoms with Crippen molar-refractivity contribution in [1.82, 2.24) is 5.48 Å². The molecule has 1 fully saturated rings. The molecule has 5 heteroatoms. The summed E-state index contributed by atoms with van der Waals surface area (Å²) in [6.07, 6.45) is 5.40. The van der Waals surface area contributed by atoms with Crippen molar-refractivity contribution in [1.29, 1.82) is 0 Å². The second-order valence-corrected chi connectivity index (χ2v) is 3.36. The first-order valence-corrected chi connectivity index (χ1v) is 4.96. The SMILES string of the molecule is O=C(NOC1CCCCO1)c1ccoc1. The number of hydrogen-bond donors (Lipinski definition) is 1. The van der Waals surface area contributed by atoms with Crippen molar-refractivity contribution in [3.63, 3.8) is 0 Å². The van der Waals surface area contributed by atoms with Gasteiger partial charge in [-0.3, -0.25) is 4.79 Å². The highest BCUT2D eigenvalue weighted by molar-refractivity contribution is 5.92. The molecule has 15 heavy (non-hydrogen) atoms. The number of furan rings is 1. The third kappa shape index (κ3) is 2.81. The Balaban J connectivity index is 1.75. The predicted molar refractivity (Wildman–Crippen MR) is 50.9 cm³/mol. The van der Waals surface area contributed by atoms with E-state index >= 15 is 0 Å². The minimum atomic E-state index is -0.324. The molecule has 0 radical (unpaired) electrons. The van der Waals surface area contributed by atoms with Gasteiger partial charge in [0.2, 0.25) is 0 Å². The van der Waals surface area contributed by atoms with Crippen LogP contribution in [0.3, 0.4) is 0 Å². The second kappa shape index (κ2) is 4.95. The Hall–Kier alpha value is -1.33. The van der Waals surface area contributed by atoms with Gasteiger partial charge >= 0.3 is 0 Å². The van der Waals surface area contributed by atoms with Gasteiger partial charge in [-0.1, -0.05) is 0 Å². The topological polar surface area (TPSA) is 60.7 Å². The van der Waals surface area contributed by atoms with E-state index in [0.717, 1.165) is 19.3 Å². The van der Waals surface area contributed by atoms with E-state index in [2.05, 4.69) is 5.48 Å². The summed E-state index contributed by atoms with van der Waals surface area (Å²) in [5.41, 5.74) is 2.77. The number of amides is 1. The number of rotatable bonds is 3. The van der Waals surface area contributed by atoms with Gasteiger partial charge < -0.3 is 9.15 Å². The first-order valence-electron chi connectivity index (χ1n) is 4.96. The second-order valence-electron chi connectivity index (χ2n) is 3.36. The number of carbonyl (C=O) groups is 1. The molecule has 0 saturated carbocycles. The average molecular weight is 211 g/mol. The summed E-state index contributed by atoms with van der Waals surface area (Å²) >= 11 is 0. The molecule has 1 aromatic heterocycles. The zero-order chi connectivity index (χ0) is 10.5. The van der Waals surface area contributed by atoms with Gasteiger partial charge in [-0.2, -0.15) is 0 Å². The molecule has 0 bridgehead atoms. The molecule has 0 aromatic carbocycles. The molecule has 1 N–H and O–H groups in total. The van der Waals surface area contributed by atoms with Crippen LogP contribution in [0.1, 0.15) is 29.6 Å². The summed E-state index contributed by atoms with van der Waals surface area (Å²) in [6, 6.07) is 1.57. The summed E-state index contributed by atoms with van der Waals surface area (Å²) in [5, 5.41) is 0. The van der Waals surface area contributed by atoms with Crippen LogP contribution in [0, 0.1) is 0 Å². The normalized spacial score (nSPS) is 21.2. The van der Waals surface area contributed by atoms with Gasteiger partial charge in [0.1, 0.15) is 6.26 Å². The molecule has 1 unspecified atom stereocenters. The minimum Gasteiger partial charge on any atom is -0.472 e. The number of ether oxygens (including phenoxy) is 1. The van der Waals surface area contributed by atoms with Crippen LogP contribution >= 0.6 is 0 Å². The van der Waals surface area contributed by atoms with E-state index in [0.29, 0.717) is 12.2 Å². The van der Waals surface area contributed by atoms with Crippen LogP contribution in [-0.4, -0.2) is 18.8 Å². The van der Waals surface area contributed by atoms with Crippen LogP contribution < -0.4 is 5.48 Å².